The van der Waals surface area contributed by atoms with Crippen LogP contribution < -0.4 is 4.74 Å². The van der Waals surface area contributed by atoms with Crippen LogP contribution in [0.25, 0.3) is 0 Å². The second kappa shape index (κ2) is 8.00. The molecule has 0 spiro atoms. The Hall–Kier alpha value is -2.64. The van der Waals surface area contributed by atoms with Crippen LogP contribution in [0.5, 0.6) is 5.75 Å². The Morgan fingerprint density at radius 3 is 1.86 bits per heavy atom. The van der Waals surface area contributed by atoms with E-state index in [0.717, 1.165) is 5.56 Å². The van der Waals surface area contributed by atoms with E-state index in [0.29, 0.717) is 0 Å². The molecular formula is C22H22O5S2. The Bertz CT molecular complexity index is 1210. The fourth-order valence-electron chi connectivity index (χ4n) is 2.88. The fourth-order valence-corrected chi connectivity index (χ4v) is 6.35. The Balaban J connectivity index is 2.33. The average Bonchev–Trinajstić information content (AvgIpc) is 2.68. The molecule has 3 rings (SSSR count). The van der Waals surface area contributed by atoms with Crippen LogP contribution in [0.3, 0.4) is 0 Å². The summed E-state index contributed by atoms with van der Waals surface area (Å²) in [5.41, 5.74) is 0.896. The van der Waals surface area contributed by atoms with Crippen molar-refractivity contribution in [3.05, 3.63) is 78.4 Å². The number of ether oxygens (including phenoxy) is 1. The number of rotatable bonds is 6. The van der Waals surface area contributed by atoms with Crippen molar-refractivity contribution in [2.75, 3.05) is 0 Å². The highest BCUT2D eigenvalue weighted by Crippen LogP contribution is 2.38. The van der Waals surface area contributed by atoms with E-state index < -0.39 is 19.7 Å². The van der Waals surface area contributed by atoms with E-state index in [9.17, 15) is 16.8 Å². The summed E-state index contributed by atoms with van der Waals surface area (Å²) in [6.45, 7) is 5.35. The second-order valence-corrected chi connectivity index (χ2v) is 10.7. The van der Waals surface area contributed by atoms with E-state index in [4.69, 9.17) is 4.74 Å². The van der Waals surface area contributed by atoms with E-state index >= 15 is 0 Å². The van der Waals surface area contributed by atoms with E-state index in [2.05, 4.69) is 0 Å². The van der Waals surface area contributed by atoms with Crippen LogP contribution in [-0.2, 0) is 19.7 Å². The van der Waals surface area contributed by atoms with Crippen LogP contribution >= 0.6 is 0 Å². The van der Waals surface area contributed by atoms with Gasteiger partial charge in [-0.2, -0.15) is 0 Å². The quantitative estimate of drug-likeness (QED) is 0.577. The molecule has 0 aromatic heterocycles. The van der Waals surface area contributed by atoms with Crippen LogP contribution in [0.4, 0.5) is 0 Å². The summed E-state index contributed by atoms with van der Waals surface area (Å²) in [5, 5.41) is 0. The summed E-state index contributed by atoms with van der Waals surface area (Å²) in [4.78, 5) is -0.627. The first-order valence-electron chi connectivity index (χ1n) is 9.05. The molecule has 0 N–H and O–H groups in total. The molecule has 0 aliphatic rings. The lowest BCUT2D eigenvalue weighted by Gasteiger charge is -2.18. The molecule has 0 saturated carbocycles. The lowest BCUT2D eigenvalue weighted by Crippen LogP contribution is -2.15. The van der Waals surface area contributed by atoms with Gasteiger partial charge in [0, 0.05) is 0 Å². The van der Waals surface area contributed by atoms with Gasteiger partial charge in [0.25, 0.3) is 0 Å². The van der Waals surface area contributed by atoms with Gasteiger partial charge in [-0.05, 0) is 57.2 Å². The minimum Gasteiger partial charge on any atom is -0.490 e. The highest BCUT2D eigenvalue weighted by molar-refractivity contribution is 7.94. The molecule has 7 heteroatoms. The maximum Gasteiger partial charge on any atom is 0.211 e. The zero-order valence-electron chi connectivity index (χ0n) is 16.4. The number of sulfone groups is 2. The lowest BCUT2D eigenvalue weighted by atomic mass is 10.2. The van der Waals surface area contributed by atoms with Gasteiger partial charge in [0.2, 0.25) is 19.7 Å². The summed E-state index contributed by atoms with van der Waals surface area (Å²) in [6, 6.07) is 18.3. The monoisotopic (exact) mass is 430 g/mol. The predicted molar refractivity (Wildman–Crippen MR) is 111 cm³/mol. The van der Waals surface area contributed by atoms with Gasteiger partial charge >= 0.3 is 0 Å². The Morgan fingerprint density at radius 1 is 0.690 bits per heavy atom. The fraction of sp³-hybridized carbons (Fsp3) is 0.182. The largest absolute Gasteiger partial charge is 0.490 e. The maximum absolute atomic E-state index is 13.5. The number of hydrogen-bond donors (Lipinski definition) is 0. The first-order chi connectivity index (χ1) is 13.6. The minimum absolute atomic E-state index is 0.00687. The number of hydrogen-bond acceptors (Lipinski definition) is 5. The molecular weight excluding hydrogens is 408 g/mol. The second-order valence-electron chi connectivity index (χ2n) is 6.88. The first-order valence-corrected chi connectivity index (χ1v) is 12.0. The molecule has 0 saturated heterocycles. The van der Waals surface area contributed by atoms with Gasteiger partial charge in [-0.15, -0.1) is 0 Å². The predicted octanol–water partition coefficient (Wildman–Crippen LogP) is 4.45. The summed E-state index contributed by atoms with van der Waals surface area (Å²) in [7, 11) is -8.24. The van der Waals surface area contributed by atoms with Gasteiger partial charge in [-0.1, -0.05) is 42.0 Å². The van der Waals surface area contributed by atoms with E-state index in [-0.39, 0.29) is 31.4 Å². The summed E-state index contributed by atoms with van der Waals surface area (Å²) < 4.78 is 59.3. The van der Waals surface area contributed by atoms with E-state index in [1.807, 2.05) is 6.92 Å². The van der Waals surface area contributed by atoms with Gasteiger partial charge in [0.1, 0.15) is 10.6 Å². The first kappa shape index (κ1) is 21.1. The molecule has 3 aromatic carbocycles. The molecule has 0 aliphatic heterocycles. The van der Waals surface area contributed by atoms with Crippen LogP contribution in [0.15, 0.2) is 92.4 Å². The van der Waals surface area contributed by atoms with Gasteiger partial charge in [0.05, 0.1) is 20.8 Å². The van der Waals surface area contributed by atoms with Gasteiger partial charge < -0.3 is 4.74 Å². The van der Waals surface area contributed by atoms with Crippen LogP contribution in [0.2, 0.25) is 0 Å². The zero-order chi connectivity index (χ0) is 21.2. The third-order valence-corrected chi connectivity index (χ3v) is 8.04. The SMILES string of the molecule is Cc1ccc(S(=O)(=O)c2c(OC(C)C)cccc2S(=O)(=O)c2ccccc2)cc1. The van der Waals surface area contributed by atoms with Crippen molar-refractivity contribution in [1.82, 2.24) is 0 Å². The molecule has 3 aromatic rings. The number of benzene rings is 3. The van der Waals surface area contributed by atoms with E-state index in [1.165, 1.54) is 42.5 Å². The molecule has 29 heavy (non-hydrogen) atoms. The molecule has 0 unspecified atom stereocenters. The highest BCUT2D eigenvalue weighted by atomic mass is 32.2. The van der Waals surface area contributed by atoms with Crippen molar-refractivity contribution in [3.8, 4) is 5.75 Å². The van der Waals surface area contributed by atoms with Crippen molar-refractivity contribution in [3.63, 3.8) is 0 Å². The Morgan fingerprint density at radius 2 is 1.28 bits per heavy atom. The number of aryl methyl sites for hydroxylation is 1. The maximum atomic E-state index is 13.5. The van der Waals surface area contributed by atoms with Crippen molar-refractivity contribution >= 4 is 19.7 Å². The smallest absolute Gasteiger partial charge is 0.211 e. The molecule has 0 fully saturated rings. The minimum atomic E-state index is -4.16. The lowest BCUT2D eigenvalue weighted by molar-refractivity contribution is 0.234. The molecule has 0 amide bonds. The molecule has 0 bridgehead atoms. The Labute approximate surface area is 171 Å². The normalized spacial score (nSPS) is 12.1. The van der Waals surface area contributed by atoms with Crippen LogP contribution in [0.1, 0.15) is 19.4 Å². The van der Waals surface area contributed by atoms with Crippen molar-refractivity contribution in [1.29, 1.82) is 0 Å². The molecule has 0 aliphatic carbocycles. The van der Waals surface area contributed by atoms with Gasteiger partial charge in [-0.3, -0.25) is 0 Å². The van der Waals surface area contributed by atoms with Gasteiger partial charge in [0.15, 0.2) is 0 Å². The highest BCUT2D eigenvalue weighted by Gasteiger charge is 2.33. The molecule has 0 radical (unpaired) electrons. The van der Waals surface area contributed by atoms with E-state index in [1.54, 1.807) is 44.2 Å². The average molecular weight is 431 g/mol. The van der Waals surface area contributed by atoms with Crippen molar-refractivity contribution in [2.24, 2.45) is 0 Å². The molecule has 5 nitrogen and oxygen atoms in total. The van der Waals surface area contributed by atoms with Crippen LogP contribution in [-0.4, -0.2) is 22.9 Å². The van der Waals surface area contributed by atoms with Crippen molar-refractivity contribution < 1.29 is 21.6 Å². The summed E-state index contributed by atoms with van der Waals surface area (Å²) in [6.07, 6.45) is -0.336. The Kier molecular flexibility index (Phi) is 5.82. The topological polar surface area (TPSA) is 77.5 Å². The molecule has 152 valence electrons. The zero-order valence-corrected chi connectivity index (χ0v) is 18.0. The molecule has 0 heterocycles. The van der Waals surface area contributed by atoms with Crippen LogP contribution in [0, 0.1) is 6.92 Å². The third kappa shape index (κ3) is 4.21. The summed E-state index contributed by atoms with van der Waals surface area (Å²) in [5.74, 6) is 0.0116. The van der Waals surface area contributed by atoms with Gasteiger partial charge in [-0.25, -0.2) is 16.8 Å². The molecule has 0 atom stereocenters. The van der Waals surface area contributed by atoms with Crippen molar-refractivity contribution in [2.45, 2.75) is 46.5 Å². The summed E-state index contributed by atoms with van der Waals surface area (Å²) >= 11 is 0. The third-order valence-electron chi connectivity index (χ3n) is 4.25. The standard InChI is InChI=1S/C22H22O5S2/c1-16(2)27-20-10-7-11-21(28(23,24)18-8-5-4-6-9-18)22(20)29(25,26)19-14-12-17(3)13-15-19/h4-16H,1-3H3.